The number of carbonyl (C=O) groups is 1. The lowest BCUT2D eigenvalue weighted by Crippen LogP contribution is -2.33. The van der Waals surface area contributed by atoms with Crippen molar-refractivity contribution >= 4 is 22.2 Å². The Kier molecular flexibility index (Phi) is 4.02. The van der Waals surface area contributed by atoms with Crippen LogP contribution < -0.4 is 10.1 Å². The first-order chi connectivity index (χ1) is 14.0. The standard InChI is InChI=1S/C26H25NO2/c1-26(2)14-21-25(22(28)15-26)23(17-8-11-18(29-3)12-9-17)24-19-7-5-4-6-16(19)10-13-20(24)27-21/h4-13,23,27H,14-15H2,1-3H3/t23-/m0/s1. The Hall–Kier alpha value is -3.07. The normalized spacial score (nSPS) is 20.1. The van der Waals surface area contributed by atoms with E-state index in [4.69, 9.17) is 4.74 Å². The Morgan fingerprint density at radius 2 is 1.72 bits per heavy atom. The SMILES string of the molecule is COc1ccc([C@@H]2C3=C(CC(C)(C)CC3=O)Nc3ccc4ccccc4c32)cc1. The first-order valence-electron chi connectivity index (χ1n) is 10.2. The highest BCUT2D eigenvalue weighted by Crippen LogP contribution is 2.50. The first-order valence-corrected chi connectivity index (χ1v) is 10.2. The summed E-state index contributed by atoms with van der Waals surface area (Å²) < 4.78 is 5.36. The number of rotatable bonds is 2. The molecule has 146 valence electrons. The second-order valence-corrected chi connectivity index (χ2v) is 8.91. The van der Waals surface area contributed by atoms with Gasteiger partial charge in [-0.25, -0.2) is 0 Å². The minimum Gasteiger partial charge on any atom is -0.497 e. The summed E-state index contributed by atoms with van der Waals surface area (Å²) in [5.41, 5.74) is 5.41. The summed E-state index contributed by atoms with van der Waals surface area (Å²) in [5.74, 6) is 1.01. The molecule has 0 aromatic heterocycles. The number of carbonyl (C=O) groups excluding carboxylic acids is 1. The van der Waals surface area contributed by atoms with Crippen molar-refractivity contribution < 1.29 is 9.53 Å². The van der Waals surface area contributed by atoms with Crippen molar-refractivity contribution in [3.8, 4) is 5.75 Å². The zero-order valence-corrected chi connectivity index (χ0v) is 17.1. The molecule has 0 fully saturated rings. The number of ether oxygens (including phenoxy) is 1. The maximum absolute atomic E-state index is 13.4. The molecule has 1 heterocycles. The fraction of sp³-hybridized carbons (Fsp3) is 0.269. The number of Topliss-reactive ketones (excluding diaryl/α,β-unsaturated/α-hetero) is 1. The molecule has 1 aliphatic carbocycles. The lowest BCUT2D eigenvalue weighted by Gasteiger charge is -2.40. The molecule has 3 heteroatoms. The summed E-state index contributed by atoms with van der Waals surface area (Å²) >= 11 is 0. The van der Waals surface area contributed by atoms with Crippen molar-refractivity contribution in [2.24, 2.45) is 5.41 Å². The zero-order chi connectivity index (χ0) is 20.2. The second-order valence-electron chi connectivity index (χ2n) is 8.91. The topological polar surface area (TPSA) is 38.3 Å². The van der Waals surface area contributed by atoms with E-state index in [1.807, 2.05) is 12.1 Å². The third-order valence-corrected chi connectivity index (χ3v) is 6.20. The van der Waals surface area contributed by atoms with E-state index in [0.717, 1.165) is 34.7 Å². The van der Waals surface area contributed by atoms with Crippen LogP contribution in [0.5, 0.6) is 5.75 Å². The van der Waals surface area contributed by atoms with E-state index in [1.165, 1.54) is 16.3 Å². The Bertz CT molecular complexity index is 1160. The maximum atomic E-state index is 13.4. The van der Waals surface area contributed by atoms with Gasteiger partial charge in [0.1, 0.15) is 5.75 Å². The van der Waals surface area contributed by atoms with Crippen LogP contribution >= 0.6 is 0 Å². The zero-order valence-electron chi connectivity index (χ0n) is 17.1. The molecular weight excluding hydrogens is 358 g/mol. The van der Waals surface area contributed by atoms with Crippen LogP contribution in [-0.2, 0) is 4.79 Å². The van der Waals surface area contributed by atoms with Gasteiger partial charge in [-0.1, -0.05) is 56.3 Å². The molecule has 2 aliphatic rings. The molecule has 0 saturated heterocycles. The van der Waals surface area contributed by atoms with Gasteiger partial charge in [-0.2, -0.15) is 0 Å². The molecule has 1 aliphatic heterocycles. The highest BCUT2D eigenvalue weighted by Gasteiger charge is 2.41. The third kappa shape index (κ3) is 2.93. The van der Waals surface area contributed by atoms with Gasteiger partial charge in [-0.15, -0.1) is 0 Å². The van der Waals surface area contributed by atoms with Gasteiger partial charge >= 0.3 is 0 Å². The van der Waals surface area contributed by atoms with E-state index >= 15 is 0 Å². The smallest absolute Gasteiger partial charge is 0.162 e. The number of methoxy groups -OCH3 is 1. The molecule has 5 rings (SSSR count). The van der Waals surface area contributed by atoms with Gasteiger partial charge in [0, 0.05) is 29.3 Å². The van der Waals surface area contributed by atoms with Crippen LogP contribution in [0.2, 0.25) is 0 Å². The molecule has 3 aromatic carbocycles. The third-order valence-electron chi connectivity index (χ3n) is 6.20. The number of benzene rings is 3. The van der Waals surface area contributed by atoms with Crippen molar-refractivity contribution in [2.75, 3.05) is 12.4 Å². The van der Waals surface area contributed by atoms with Gasteiger partial charge < -0.3 is 10.1 Å². The average Bonchev–Trinajstić information content (AvgIpc) is 2.71. The maximum Gasteiger partial charge on any atom is 0.162 e. The van der Waals surface area contributed by atoms with Gasteiger partial charge in [0.2, 0.25) is 0 Å². The van der Waals surface area contributed by atoms with Crippen LogP contribution in [-0.4, -0.2) is 12.9 Å². The number of fused-ring (bicyclic) bond motifs is 3. The molecular formula is C26H25NO2. The van der Waals surface area contributed by atoms with Gasteiger partial charge in [-0.3, -0.25) is 4.79 Å². The molecule has 0 bridgehead atoms. The summed E-state index contributed by atoms with van der Waals surface area (Å²) in [6.45, 7) is 4.35. The Balaban J connectivity index is 1.79. The summed E-state index contributed by atoms with van der Waals surface area (Å²) in [6.07, 6.45) is 1.47. The van der Waals surface area contributed by atoms with Crippen LogP contribution in [0.4, 0.5) is 5.69 Å². The highest BCUT2D eigenvalue weighted by atomic mass is 16.5. The molecule has 3 nitrogen and oxygen atoms in total. The fourth-order valence-corrected chi connectivity index (χ4v) is 4.93. The first kappa shape index (κ1) is 18.0. The predicted molar refractivity (Wildman–Crippen MR) is 117 cm³/mol. The van der Waals surface area contributed by atoms with Crippen molar-refractivity contribution in [3.05, 3.63) is 83.1 Å². The minimum absolute atomic E-state index is 0.0261. The molecule has 29 heavy (non-hydrogen) atoms. The Morgan fingerprint density at radius 3 is 2.48 bits per heavy atom. The molecule has 0 saturated carbocycles. The summed E-state index contributed by atoms with van der Waals surface area (Å²) in [5, 5.41) is 6.02. The predicted octanol–water partition coefficient (Wildman–Crippen LogP) is 6.05. The monoisotopic (exact) mass is 383 g/mol. The van der Waals surface area contributed by atoms with Crippen LogP contribution in [0, 0.1) is 5.41 Å². The number of hydrogen-bond donors (Lipinski definition) is 1. The quantitative estimate of drug-likeness (QED) is 0.585. The number of anilines is 1. The summed E-state index contributed by atoms with van der Waals surface area (Å²) in [7, 11) is 1.68. The van der Waals surface area contributed by atoms with Crippen molar-refractivity contribution in [2.45, 2.75) is 32.6 Å². The van der Waals surface area contributed by atoms with Crippen LogP contribution in [0.1, 0.15) is 43.7 Å². The number of ketones is 1. The van der Waals surface area contributed by atoms with E-state index in [1.54, 1.807) is 7.11 Å². The fourth-order valence-electron chi connectivity index (χ4n) is 4.93. The van der Waals surface area contributed by atoms with Crippen LogP contribution in [0.3, 0.4) is 0 Å². The number of hydrogen-bond acceptors (Lipinski definition) is 3. The second kappa shape index (κ2) is 6.48. The largest absolute Gasteiger partial charge is 0.497 e. The molecule has 0 amide bonds. The lowest BCUT2D eigenvalue weighted by atomic mass is 9.68. The average molecular weight is 383 g/mol. The highest BCUT2D eigenvalue weighted by molar-refractivity contribution is 6.04. The van der Waals surface area contributed by atoms with Gasteiger partial charge in [0.15, 0.2) is 5.78 Å². The molecule has 0 spiro atoms. The van der Waals surface area contributed by atoms with Gasteiger partial charge in [0.25, 0.3) is 0 Å². The summed E-state index contributed by atoms with van der Waals surface area (Å²) in [6, 6.07) is 20.9. The van der Waals surface area contributed by atoms with E-state index in [9.17, 15) is 4.79 Å². The van der Waals surface area contributed by atoms with Crippen molar-refractivity contribution in [1.82, 2.24) is 0 Å². The Labute approximate surface area is 171 Å². The molecule has 1 N–H and O–H groups in total. The molecule has 3 aromatic rings. The molecule has 0 unspecified atom stereocenters. The lowest BCUT2D eigenvalue weighted by molar-refractivity contribution is -0.118. The summed E-state index contributed by atoms with van der Waals surface area (Å²) in [4.78, 5) is 13.4. The van der Waals surface area contributed by atoms with Crippen LogP contribution in [0.15, 0.2) is 71.9 Å². The van der Waals surface area contributed by atoms with E-state index < -0.39 is 0 Å². The van der Waals surface area contributed by atoms with E-state index in [-0.39, 0.29) is 17.1 Å². The number of nitrogens with one attached hydrogen (secondary N) is 1. The van der Waals surface area contributed by atoms with Crippen molar-refractivity contribution in [1.29, 1.82) is 0 Å². The van der Waals surface area contributed by atoms with Crippen LogP contribution in [0.25, 0.3) is 10.8 Å². The van der Waals surface area contributed by atoms with Gasteiger partial charge in [-0.05, 0) is 51.9 Å². The van der Waals surface area contributed by atoms with E-state index in [2.05, 4.69) is 67.7 Å². The van der Waals surface area contributed by atoms with Gasteiger partial charge in [0.05, 0.1) is 7.11 Å². The minimum atomic E-state index is -0.0677. The van der Waals surface area contributed by atoms with E-state index in [0.29, 0.717) is 6.42 Å². The molecule has 1 atom stereocenters. The number of allylic oxidation sites excluding steroid dienone is 2. The molecule has 0 radical (unpaired) electrons. The van der Waals surface area contributed by atoms with Crippen molar-refractivity contribution in [3.63, 3.8) is 0 Å². The Morgan fingerprint density at radius 1 is 0.966 bits per heavy atom.